The highest BCUT2D eigenvalue weighted by Crippen LogP contribution is 2.15. The Morgan fingerprint density at radius 3 is 2.94 bits per heavy atom. The van der Waals surface area contributed by atoms with Gasteiger partial charge in [-0.1, -0.05) is 25.5 Å². The summed E-state index contributed by atoms with van der Waals surface area (Å²) in [5.41, 5.74) is 2.07. The molecule has 0 fully saturated rings. The first-order valence-electron chi connectivity index (χ1n) is 6.24. The molecule has 1 heterocycles. The molecule has 1 aromatic heterocycles. The third kappa shape index (κ3) is 2.83. The Kier molecular flexibility index (Phi) is 3.87. The number of hydrogen-bond donors (Lipinski definition) is 2. The van der Waals surface area contributed by atoms with Gasteiger partial charge in [-0.25, -0.2) is 4.79 Å². The molecule has 4 heteroatoms. The molecular weight excluding hydrogens is 228 g/mol. The van der Waals surface area contributed by atoms with Crippen molar-refractivity contribution in [2.45, 2.75) is 26.3 Å². The molecule has 0 saturated carbocycles. The molecule has 96 valence electrons. The zero-order valence-electron chi connectivity index (χ0n) is 10.5. The zero-order valence-corrected chi connectivity index (χ0v) is 10.5. The number of nitrogens with zero attached hydrogens (tertiary/aromatic N) is 1. The number of aromatic nitrogens is 1. The summed E-state index contributed by atoms with van der Waals surface area (Å²) < 4.78 is 0. The minimum absolute atomic E-state index is 0.449. The summed E-state index contributed by atoms with van der Waals surface area (Å²) in [6.07, 6.45) is 2.94. The molecule has 0 saturated heterocycles. The van der Waals surface area contributed by atoms with Crippen molar-refractivity contribution in [3.05, 3.63) is 36.0 Å². The Bertz CT molecular complexity index is 533. The number of nitrogens with one attached hydrogen (secondary N) is 1. The summed E-state index contributed by atoms with van der Waals surface area (Å²) in [5, 5.41) is 10.3. The minimum atomic E-state index is -0.852. The molecule has 0 radical (unpaired) electrons. The normalized spacial score (nSPS) is 10.7. The van der Waals surface area contributed by atoms with Gasteiger partial charge < -0.3 is 15.0 Å². The van der Waals surface area contributed by atoms with E-state index in [4.69, 9.17) is 5.11 Å². The molecule has 2 N–H and O–H groups in total. The van der Waals surface area contributed by atoms with E-state index in [-0.39, 0.29) is 0 Å². The number of H-pyrrole nitrogens is 1. The van der Waals surface area contributed by atoms with E-state index >= 15 is 0 Å². The molecule has 1 amide bonds. The second kappa shape index (κ2) is 5.58. The fraction of sp³-hybridized carbons (Fsp3) is 0.357. The zero-order chi connectivity index (χ0) is 13.0. The number of benzene rings is 1. The monoisotopic (exact) mass is 246 g/mol. The first kappa shape index (κ1) is 12.5. The lowest BCUT2D eigenvalue weighted by molar-refractivity contribution is 0.141. The SMILES string of the molecule is CCCCN(Cc1ccc2cc[nH]c2c1)C(=O)O. The molecule has 0 aliphatic carbocycles. The van der Waals surface area contributed by atoms with Crippen LogP contribution >= 0.6 is 0 Å². The number of amides is 1. The minimum Gasteiger partial charge on any atom is -0.465 e. The highest BCUT2D eigenvalue weighted by atomic mass is 16.4. The van der Waals surface area contributed by atoms with Crippen molar-refractivity contribution in [2.24, 2.45) is 0 Å². The molecule has 2 aromatic rings. The van der Waals surface area contributed by atoms with Crippen LogP contribution in [0.1, 0.15) is 25.3 Å². The standard InChI is InChI=1S/C14H18N2O2/c1-2-3-8-16(14(17)18)10-11-4-5-12-6-7-15-13(12)9-11/h4-7,9,15H,2-3,8,10H2,1H3,(H,17,18). The highest BCUT2D eigenvalue weighted by Gasteiger charge is 2.11. The highest BCUT2D eigenvalue weighted by molar-refractivity contribution is 5.80. The van der Waals surface area contributed by atoms with Crippen molar-refractivity contribution in [1.82, 2.24) is 9.88 Å². The summed E-state index contributed by atoms with van der Waals surface area (Å²) in [5.74, 6) is 0. The van der Waals surface area contributed by atoms with E-state index < -0.39 is 6.09 Å². The molecule has 1 aromatic carbocycles. The van der Waals surface area contributed by atoms with E-state index in [0.29, 0.717) is 13.1 Å². The topological polar surface area (TPSA) is 56.3 Å². The van der Waals surface area contributed by atoms with E-state index in [2.05, 4.69) is 11.9 Å². The fourth-order valence-corrected chi connectivity index (χ4v) is 2.01. The van der Waals surface area contributed by atoms with E-state index in [1.807, 2.05) is 30.5 Å². The van der Waals surface area contributed by atoms with Crippen LogP contribution in [0.5, 0.6) is 0 Å². The maximum Gasteiger partial charge on any atom is 0.407 e. The Balaban J connectivity index is 2.11. The van der Waals surface area contributed by atoms with Gasteiger partial charge in [0.05, 0.1) is 0 Å². The third-order valence-electron chi connectivity index (χ3n) is 3.04. The van der Waals surface area contributed by atoms with E-state index in [9.17, 15) is 4.79 Å². The predicted octanol–water partition coefficient (Wildman–Crippen LogP) is 3.45. The van der Waals surface area contributed by atoms with Gasteiger partial charge in [-0.15, -0.1) is 0 Å². The molecule has 0 spiro atoms. The molecule has 0 bridgehead atoms. The largest absolute Gasteiger partial charge is 0.465 e. The lowest BCUT2D eigenvalue weighted by atomic mass is 10.1. The Hall–Kier alpha value is -1.97. The van der Waals surface area contributed by atoms with Crippen LogP contribution in [-0.2, 0) is 6.54 Å². The van der Waals surface area contributed by atoms with Crippen molar-refractivity contribution < 1.29 is 9.90 Å². The van der Waals surface area contributed by atoms with Crippen molar-refractivity contribution >= 4 is 17.0 Å². The van der Waals surface area contributed by atoms with Gasteiger partial charge in [-0.2, -0.15) is 0 Å². The van der Waals surface area contributed by atoms with Gasteiger partial charge in [-0.3, -0.25) is 0 Å². The van der Waals surface area contributed by atoms with Gasteiger partial charge >= 0.3 is 6.09 Å². The fourth-order valence-electron chi connectivity index (χ4n) is 2.01. The Morgan fingerprint density at radius 1 is 1.39 bits per heavy atom. The molecule has 18 heavy (non-hydrogen) atoms. The van der Waals surface area contributed by atoms with Gasteiger partial charge in [0.1, 0.15) is 0 Å². The maximum atomic E-state index is 11.1. The van der Waals surface area contributed by atoms with E-state index in [1.165, 1.54) is 4.90 Å². The molecule has 0 atom stereocenters. The summed E-state index contributed by atoms with van der Waals surface area (Å²) in [6.45, 7) is 3.10. The van der Waals surface area contributed by atoms with Crippen LogP contribution in [-0.4, -0.2) is 27.6 Å². The van der Waals surface area contributed by atoms with Gasteiger partial charge in [0, 0.05) is 24.8 Å². The second-order valence-electron chi connectivity index (χ2n) is 4.46. The predicted molar refractivity (Wildman–Crippen MR) is 71.6 cm³/mol. The lowest BCUT2D eigenvalue weighted by Gasteiger charge is -2.18. The molecular formula is C14H18N2O2. The number of rotatable bonds is 5. The molecule has 4 nitrogen and oxygen atoms in total. The number of fused-ring (bicyclic) bond motifs is 1. The number of unbranched alkanes of at least 4 members (excludes halogenated alkanes) is 1. The van der Waals surface area contributed by atoms with Gasteiger partial charge in [0.2, 0.25) is 0 Å². The molecule has 0 aliphatic rings. The number of hydrogen-bond acceptors (Lipinski definition) is 1. The van der Waals surface area contributed by atoms with Crippen molar-refractivity contribution in [2.75, 3.05) is 6.54 Å². The van der Waals surface area contributed by atoms with Crippen LogP contribution in [0.15, 0.2) is 30.5 Å². The Labute approximate surface area is 106 Å². The molecule has 0 aliphatic heterocycles. The van der Waals surface area contributed by atoms with Gasteiger partial charge in [0.25, 0.3) is 0 Å². The quantitative estimate of drug-likeness (QED) is 0.849. The van der Waals surface area contributed by atoms with Crippen LogP contribution < -0.4 is 0 Å². The lowest BCUT2D eigenvalue weighted by Crippen LogP contribution is -2.29. The maximum absolute atomic E-state index is 11.1. The Morgan fingerprint density at radius 2 is 2.22 bits per heavy atom. The first-order chi connectivity index (χ1) is 8.70. The summed E-state index contributed by atoms with van der Waals surface area (Å²) >= 11 is 0. The van der Waals surface area contributed by atoms with Gasteiger partial charge in [0.15, 0.2) is 0 Å². The van der Waals surface area contributed by atoms with E-state index in [1.54, 1.807) is 0 Å². The van der Waals surface area contributed by atoms with Crippen molar-refractivity contribution in [1.29, 1.82) is 0 Å². The smallest absolute Gasteiger partial charge is 0.407 e. The van der Waals surface area contributed by atoms with Crippen LogP contribution in [0.3, 0.4) is 0 Å². The van der Waals surface area contributed by atoms with Crippen LogP contribution in [0.2, 0.25) is 0 Å². The van der Waals surface area contributed by atoms with Crippen molar-refractivity contribution in [3.8, 4) is 0 Å². The van der Waals surface area contributed by atoms with Crippen LogP contribution in [0.25, 0.3) is 10.9 Å². The summed E-state index contributed by atoms with van der Waals surface area (Å²) in [7, 11) is 0. The van der Waals surface area contributed by atoms with Crippen molar-refractivity contribution in [3.63, 3.8) is 0 Å². The average Bonchev–Trinajstić information content (AvgIpc) is 2.81. The molecule has 0 unspecified atom stereocenters. The number of aromatic amines is 1. The second-order valence-corrected chi connectivity index (χ2v) is 4.46. The number of carbonyl (C=O) groups is 1. The van der Waals surface area contributed by atoms with E-state index in [0.717, 1.165) is 29.3 Å². The summed E-state index contributed by atoms with van der Waals surface area (Å²) in [6, 6.07) is 8.02. The van der Waals surface area contributed by atoms with Gasteiger partial charge in [-0.05, 0) is 29.5 Å². The molecule has 2 rings (SSSR count). The number of carboxylic acid groups (broad SMARTS) is 1. The first-order valence-corrected chi connectivity index (χ1v) is 6.24. The van der Waals surface area contributed by atoms with Crippen LogP contribution in [0, 0.1) is 0 Å². The van der Waals surface area contributed by atoms with Crippen LogP contribution in [0.4, 0.5) is 4.79 Å². The summed E-state index contributed by atoms with van der Waals surface area (Å²) in [4.78, 5) is 15.7. The third-order valence-corrected chi connectivity index (χ3v) is 3.04. The average molecular weight is 246 g/mol.